The Bertz CT molecular complexity index is 749. The van der Waals surface area contributed by atoms with Crippen molar-refractivity contribution in [2.45, 2.75) is 13.0 Å². The van der Waals surface area contributed by atoms with E-state index in [0.29, 0.717) is 22.0 Å². The number of hydrogen-bond acceptors (Lipinski definition) is 4. The van der Waals surface area contributed by atoms with E-state index in [1.807, 2.05) is 0 Å². The van der Waals surface area contributed by atoms with Gasteiger partial charge in [0.05, 0.1) is 17.7 Å². The molecule has 1 N–H and O–H groups in total. The third kappa shape index (κ3) is 4.72. The van der Waals surface area contributed by atoms with Gasteiger partial charge in [-0.15, -0.1) is 0 Å². The van der Waals surface area contributed by atoms with Crippen LogP contribution in [0.3, 0.4) is 0 Å². The third-order valence-electron chi connectivity index (χ3n) is 3.15. The number of carbonyl (C=O) groups is 2. The third-order valence-corrected chi connectivity index (χ3v) is 3.98. The monoisotopic (exact) mass is 411 g/mol. The van der Waals surface area contributed by atoms with E-state index in [1.54, 1.807) is 42.5 Å². The van der Waals surface area contributed by atoms with Crippen LogP contribution in [-0.2, 0) is 9.53 Å². The number of nitrogens with one attached hydrogen (secondary N) is 1. The molecule has 0 aromatic heterocycles. The second-order valence-electron chi connectivity index (χ2n) is 4.89. The van der Waals surface area contributed by atoms with Crippen LogP contribution in [-0.4, -0.2) is 25.1 Å². The summed E-state index contributed by atoms with van der Waals surface area (Å²) in [5.41, 5.74) is 0.850. The molecular formula is C17H15BrClNO4. The zero-order valence-corrected chi connectivity index (χ0v) is 15.3. The highest BCUT2D eigenvalue weighted by atomic mass is 79.9. The summed E-state index contributed by atoms with van der Waals surface area (Å²) in [6.45, 7) is 1.50. The highest BCUT2D eigenvalue weighted by Gasteiger charge is 2.19. The molecule has 2 aromatic rings. The molecule has 5 nitrogen and oxygen atoms in total. The molecule has 0 spiro atoms. The van der Waals surface area contributed by atoms with Crippen molar-refractivity contribution in [3.63, 3.8) is 0 Å². The number of esters is 1. The molecule has 126 valence electrons. The average Bonchev–Trinajstić information content (AvgIpc) is 2.55. The molecule has 2 aromatic carbocycles. The molecule has 1 atom stereocenters. The van der Waals surface area contributed by atoms with Gasteiger partial charge in [-0.2, -0.15) is 0 Å². The fourth-order valence-electron chi connectivity index (χ4n) is 1.86. The van der Waals surface area contributed by atoms with E-state index < -0.39 is 18.0 Å². The topological polar surface area (TPSA) is 64.6 Å². The maximum Gasteiger partial charge on any atom is 0.338 e. The lowest BCUT2D eigenvalue weighted by Crippen LogP contribution is -2.30. The SMILES string of the molecule is COc1ccc(NC(=O)[C@H](C)OC(=O)c2ccc(Br)cc2)cc1Cl. The van der Waals surface area contributed by atoms with Crippen molar-refractivity contribution in [3.8, 4) is 5.75 Å². The largest absolute Gasteiger partial charge is 0.495 e. The van der Waals surface area contributed by atoms with Crippen LogP contribution in [0.25, 0.3) is 0 Å². The summed E-state index contributed by atoms with van der Waals surface area (Å²) in [6.07, 6.45) is -0.956. The number of halogens is 2. The molecule has 0 unspecified atom stereocenters. The maximum absolute atomic E-state index is 12.1. The summed E-state index contributed by atoms with van der Waals surface area (Å²) in [5, 5.41) is 3.01. The van der Waals surface area contributed by atoms with Crippen LogP contribution in [0.5, 0.6) is 5.75 Å². The van der Waals surface area contributed by atoms with E-state index in [9.17, 15) is 9.59 Å². The summed E-state index contributed by atoms with van der Waals surface area (Å²) in [6, 6.07) is 11.5. The fraction of sp³-hybridized carbons (Fsp3) is 0.176. The summed E-state index contributed by atoms with van der Waals surface area (Å²) < 4.78 is 11.1. The lowest BCUT2D eigenvalue weighted by Gasteiger charge is -2.14. The van der Waals surface area contributed by atoms with Crippen molar-refractivity contribution in [3.05, 3.63) is 57.5 Å². The molecular weight excluding hydrogens is 398 g/mol. The minimum Gasteiger partial charge on any atom is -0.495 e. The first-order valence-corrected chi connectivity index (χ1v) is 8.18. The smallest absolute Gasteiger partial charge is 0.338 e. The lowest BCUT2D eigenvalue weighted by atomic mass is 10.2. The Morgan fingerprint density at radius 3 is 2.42 bits per heavy atom. The Hall–Kier alpha value is -2.05. The van der Waals surface area contributed by atoms with Crippen LogP contribution in [0.1, 0.15) is 17.3 Å². The lowest BCUT2D eigenvalue weighted by molar-refractivity contribution is -0.123. The Morgan fingerprint density at radius 1 is 1.17 bits per heavy atom. The zero-order valence-electron chi connectivity index (χ0n) is 13.0. The first-order chi connectivity index (χ1) is 11.4. The predicted octanol–water partition coefficient (Wildman–Crippen LogP) is 4.30. The summed E-state index contributed by atoms with van der Waals surface area (Å²) in [5.74, 6) is -0.524. The van der Waals surface area contributed by atoms with Crippen molar-refractivity contribution in [1.82, 2.24) is 0 Å². The van der Waals surface area contributed by atoms with Crippen molar-refractivity contribution >= 4 is 45.1 Å². The molecule has 24 heavy (non-hydrogen) atoms. The highest BCUT2D eigenvalue weighted by molar-refractivity contribution is 9.10. The summed E-state index contributed by atoms with van der Waals surface area (Å²) in [7, 11) is 1.50. The molecule has 0 radical (unpaired) electrons. The van der Waals surface area contributed by atoms with Gasteiger partial charge in [0.25, 0.3) is 5.91 Å². The minimum atomic E-state index is -0.956. The Kier molecular flexibility index (Phi) is 6.23. The van der Waals surface area contributed by atoms with Crippen molar-refractivity contribution in [2.24, 2.45) is 0 Å². The Balaban J connectivity index is 1.98. The molecule has 0 aliphatic heterocycles. The van der Waals surface area contributed by atoms with Gasteiger partial charge < -0.3 is 14.8 Å². The van der Waals surface area contributed by atoms with Crippen LogP contribution in [0, 0.1) is 0 Å². The average molecular weight is 413 g/mol. The predicted molar refractivity (Wildman–Crippen MR) is 95.7 cm³/mol. The van der Waals surface area contributed by atoms with E-state index in [0.717, 1.165) is 4.47 Å². The first-order valence-electron chi connectivity index (χ1n) is 7.01. The molecule has 1 amide bonds. The minimum absolute atomic E-state index is 0.366. The number of ether oxygens (including phenoxy) is 2. The maximum atomic E-state index is 12.1. The zero-order chi connectivity index (χ0) is 17.7. The summed E-state index contributed by atoms with van der Waals surface area (Å²) in [4.78, 5) is 24.1. The van der Waals surface area contributed by atoms with E-state index in [-0.39, 0.29) is 0 Å². The number of hydrogen-bond donors (Lipinski definition) is 1. The number of benzene rings is 2. The van der Waals surface area contributed by atoms with E-state index in [4.69, 9.17) is 21.1 Å². The van der Waals surface area contributed by atoms with Gasteiger partial charge in [-0.3, -0.25) is 4.79 Å². The molecule has 0 heterocycles. The molecule has 0 fully saturated rings. The Labute approximate surface area is 153 Å². The normalized spacial score (nSPS) is 11.5. The van der Waals surface area contributed by atoms with Gasteiger partial charge in [0.15, 0.2) is 6.10 Å². The van der Waals surface area contributed by atoms with Crippen molar-refractivity contribution in [1.29, 1.82) is 0 Å². The molecule has 2 rings (SSSR count). The van der Waals surface area contributed by atoms with Crippen LogP contribution in [0.4, 0.5) is 5.69 Å². The molecule has 0 bridgehead atoms. The number of methoxy groups -OCH3 is 1. The standard InChI is InChI=1S/C17H15BrClNO4/c1-10(24-17(22)11-3-5-12(18)6-4-11)16(21)20-13-7-8-15(23-2)14(19)9-13/h3-10H,1-2H3,(H,20,21)/t10-/m0/s1. The summed E-state index contributed by atoms with van der Waals surface area (Å²) >= 11 is 9.29. The van der Waals surface area contributed by atoms with Gasteiger partial charge in [-0.05, 0) is 49.4 Å². The fourth-order valence-corrected chi connectivity index (χ4v) is 2.38. The molecule has 0 saturated carbocycles. The van der Waals surface area contributed by atoms with Crippen LogP contribution in [0.2, 0.25) is 5.02 Å². The second kappa shape index (κ2) is 8.17. The van der Waals surface area contributed by atoms with E-state index >= 15 is 0 Å². The van der Waals surface area contributed by atoms with Crippen molar-refractivity contribution in [2.75, 3.05) is 12.4 Å². The molecule has 0 aliphatic rings. The van der Waals surface area contributed by atoms with Crippen LogP contribution in [0.15, 0.2) is 46.9 Å². The number of anilines is 1. The quantitative estimate of drug-likeness (QED) is 0.744. The Morgan fingerprint density at radius 2 is 1.83 bits per heavy atom. The number of amides is 1. The highest BCUT2D eigenvalue weighted by Crippen LogP contribution is 2.27. The second-order valence-corrected chi connectivity index (χ2v) is 6.22. The van der Waals surface area contributed by atoms with E-state index in [2.05, 4.69) is 21.2 Å². The number of carbonyl (C=O) groups excluding carboxylic acids is 2. The molecule has 0 aliphatic carbocycles. The van der Waals surface area contributed by atoms with Crippen molar-refractivity contribution < 1.29 is 19.1 Å². The van der Waals surface area contributed by atoms with Gasteiger partial charge in [-0.25, -0.2) is 4.79 Å². The van der Waals surface area contributed by atoms with Gasteiger partial charge in [0.1, 0.15) is 5.75 Å². The molecule has 7 heteroatoms. The first kappa shape index (κ1) is 18.3. The van der Waals surface area contributed by atoms with Crippen LogP contribution >= 0.6 is 27.5 Å². The van der Waals surface area contributed by atoms with Gasteiger partial charge in [0, 0.05) is 10.2 Å². The van der Waals surface area contributed by atoms with Gasteiger partial charge in [0.2, 0.25) is 0 Å². The number of rotatable bonds is 5. The van der Waals surface area contributed by atoms with Gasteiger partial charge in [-0.1, -0.05) is 27.5 Å². The van der Waals surface area contributed by atoms with Crippen LogP contribution < -0.4 is 10.1 Å². The van der Waals surface area contributed by atoms with E-state index in [1.165, 1.54) is 14.0 Å². The molecule has 0 saturated heterocycles. The van der Waals surface area contributed by atoms with Gasteiger partial charge >= 0.3 is 5.97 Å².